The van der Waals surface area contributed by atoms with Crippen molar-refractivity contribution in [3.8, 4) is 0 Å². The summed E-state index contributed by atoms with van der Waals surface area (Å²) in [6, 6.07) is 36.3. The smallest absolute Gasteiger partial charge is 0.288 e. The summed E-state index contributed by atoms with van der Waals surface area (Å²) in [6.07, 6.45) is -0.860. The second kappa shape index (κ2) is 12.6. The molecule has 1 N–H and O–H groups in total. The van der Waals surface area contributed by atoms with Crippen LogP contribution in [0.4, 0.5) is 5.69 Å². The Bertz CT molecular complexity index is 1230. The SMILES string of the molecule is CC[C@@H](O)CC(=O)C[C@H](O[Si](c1ccccc1)(c1ccccc1)c1ccccc1)c1ccc([N+](=O)[O-])cc1. The quantitative estimate of drug-likeness (QED) is 0.128. The van der Waals surface area contributed by atoms with Crippen LogP contribution < -0.4 is 15.6 Å². The highest BCUT2D eigenvalue weighted by Gasteiger charge is 2.44. The normalized spacial score (nSPS) is 13.0. The number of aliphatic hydroxyl groups excluding tert-OH is 1. The minimum Gasteiger partial charge on any atom is -0.397 e. The maximum Gasteiger partial charge on any atom is 0.288 e. The van der Waals surface area contributed by atoms with Crippen molar-refractivity contribution in [3.05, 3.63) is 131 Å². The minimum atomic E-state index is -3.17. The Morgan fingerprint density at radius 2 is 1.24 bits per heavy atom. The van der Waals surface area contributed by atoms with Crippen LogP contribution in [0, 0.1) is 10.1 Å². The van der Waals surface area contributed by atoms with Gasteiger partial charge in [-0.05, 0) is 39.7 Å². The molecule has 4 aromatic rings. The van der Waals surface area contributed by atoms with E-state index >= 15 is 0 Å². The lowest BCUT2D eigenvalue weighted by molar-refractivity contribution is -0.384. The highest BCUT2D eigenvalue weighted by molar-refractivity contribution is 7.07. The lowest BCUT2D eigenvalue weighted by Crippen LogP contribution is -2.69. The van der Waals surface area contributed by atoms with E-state index in [2.05, 4.69) is 36.4 Å². The number of nitro benzene ring substituents is 1. The van der Waals surface area contributed by atoms with Gasteiger partial charge in [0.15, 0.2) is 0 Å². The van der Waals surface area contributed by atoms with Gasteiger partial charge in [0.1, 0.15) is 5.78 Å². The number of ketones is 1. The van der Waals surface area contributed by atoms with Crippen LogP contribution in [-0.4, -0.2) is 30.2 Å². The van der Waals surface area contributed by atoms with Crippen LogP contribution in [0.3, 0.4) is 0 Å². The third-order valence-electron chi connectivity index (χ3n) is 6.68. The summed E-state index contributed by atoms with van der Waals surface area (Å²) in [7, 11) is -3.17. The van der Waals surface area contributed by atoms with Crippen LogP contribution in [0.1, 0.15) is 37.9 Å². The first-order valence-electron chi connectivity index (χ1n) is 12.7. The molecule has 38 heavy (non-hydrogen) atoms. The summed E-state index contributed by atoms with van der Waals surface area (Å²) in [5.41, 5.74) is 0.646. The fraction of sp³-hybridized carbons (Fsp3) is 0.194. The number of non-ortho nitro benzene ring substituents is 1. The first-order chi connectivity index (χ1) is 18.4. The van der Waals surface area contributed by atoms with E-state index in [1.165, 1.54) is 12.1 Å². The fourth-order valence-corrected chi connectivity index (χ4v) is 8.71. The van der Waals surface area contributed by atoms with E-state index in [1.807, 2.05) is 61.5 Å². The molecule has 0 spiro atoms. The lowest BCUT2D eigenvalue weighted by atomic mass is 10.0. The Kier molecular flexibility index (Phi) is 8.96. The van der Waals surface area contributed by atoms with E-state index in [9.17, 15) is 20.0 Å². The molecule has 0 saturated carbocycles. The van der Waals surface area contributed by atoms with Crippen molar-refractivity contribution in [2.75, 3.05) is 0 Å². The summed E-state index contributed by atoms with van der Waals surface area (Å²) in [5.74, 6) is -0.125. The average molecular weight is 526 g/mol. The maximum atomic E-state index is 13.1. The predicted octanol–water partition coefficient (Wildman–Crippen LogP) is 4.44. The Balaban J connectivity index is 1.89. The van der Waals surface area contributed by atoms with E-state index in [4.69, 9.17) is 4.43 Å². The van der Waals surface area contributed by atoms with E-state index < -0.39 is 25.4 Å². The van der Waals surface area contributed by atoms with Crippen LogP contribution >= 0.6 is 0 Å². The van der Waals surface area contributed by atoms with Gasteiger partial charge in [0, 0.05) is 25.0 Å². The van der Waals surface area contributed by atoms with Gasteiger partial charge in [-0.25, -0.2) is 0 Å². The summed E-state index contributed by atoms with van der Waals surface area (Å²) < 4.78 is 7.24. The zero-order valence-corrected chi connectivity index (χ0v) is 22.3. The fourth-order valence-electron chi connectivity index (χ4n) is 4.67. The lowest BCUT2D eigenvalue weighted by Gasteiger charge is -2.37. The molecule has 0 aliphatic heterocycles. The molecular weight excluding hydrogens is 494 g/mol. The van der Waals surface area contributed by atoms with Crippen LogP contribution in [-0.2, 0) is 9.22 Å². The highest BCUT2D eigenvalue weighted by atomic mass is 28.4. The monoisotopic (exact) mass is 525 g/mol. The summed E-state index contributed by atoms with van der Waals surface area (Å²) in [6.45, 7) is 1.83. The van der Waals surface area contributed by atoms with Crippen LogP contribution in [0.5, 0.6) is 0 Å². The summed E-state index contributed by atoms with van der Waals surface area (Å²) in [5, 5.41) is 24.5. The Hall–Kier alpha value is -3.91. The molecule has 0 saturated heterocycles. The predicted molar refractivity (Wildman–Crippen MR) is 151 cm³/mol. The molecule has 7 heteroatoms. The van der Waals surface area contributed by atoms with Crippen LogP contribution in [0.15, 0.2) is 115 Å². The standard InChI is InChI=1S/C31H31NO5Si/c1-2-26(33)22-27(34)23-31(24-18-20-25(21-19-24)32(35)36)37-38(28-12-6-3-7-13-28,29-14-8-4-9-15-29)30-16-10-5-11-17-30/h3-21,26,31,33H,2,22-23H2,1H3/t26-,31+/m1/s1. The van der Waals surface area contributed by atoms with Crippen molar-refractivity contribution in [2.45, 2.75) is 38.4 Å². The number of benzene rings is 4. The molecule has 0 aliphatic carbocycles. The van der Waals surface area contributed by atoms with Crippen molar-refractivity contribution < 1.29 is 19.3 Å². The van der Waals surface area contributed by atoms with Gasteiger partial charge in [-0.2, -0.15) is 0 Å². The largest absolute Gasteiger partial charge is 0.397 e. The molecule has 0 radical (unpaired) electrons. The number of rotatable bonds is 12. The number of aliphatic hydroxyl groups is 1. The highest BCUT2D eigenvalue weighted by Crippen LogP contribution is 2.29. The minimum absolute atomic E-state index is 0.0277. The second-order valence-electron chi connectivity index (χ2n) is 9.24. The number of Topliss-reactive ketones (excluding diaryl/α,β-unsaturated/α-hetero) is 1. The zero-order chi connectivity index (χ0) is 27.0. The van der Waals surface area contributed by atoms with Crippen LogP contribution in [0.25, 0.3) is 0 Å². The molecule has 0 aromatic heterocycles. The topological polar surface area (TPSA) is 89.7 Å². The summed E-state index contributed by atoms with van der Waals surface area (Å²) in [4.78, 5) is 24.0. The van der Waals surface area contributed by atoms with Gasteiger partial charge in [-0.15, -0.1) is 0 Å². The van der Waals surface area contributed by atoms with Crippen molar-refractivity contribution in [2.24, 2.45) is 0 Å². The zero-order valence-electron chi connectivity index (χ0n) is 21.3. The number of carbonyl (C=O) groups is 1. The van der Waals surface area contributed by atoms with E-state index in [0.29, 0.717) is 12.0 Å². The molecular formula is C31H31NO5Si. The van der Waals surface area contributed by atoms with Gasteiger partial charge >= 0.3 is 0 Å². The van der Waals surface area contributed by atoms with Gasteiger partial charge in [0.05, 0.1) is 17.1 Å². The average Bonchev–Trinajstić information content (AvgIpc) is 2.96. The van der Waals surface area contributed by atoms with E-state index in [0.717, 1.165) is 15.6 Å². The molecule has 2 atom stereocenters. The molecule has 0 heterocycles. The third-order valence-corrected chi connectivity index (χ3v) is 10.8. The molecule has 0 bridgehead atoms. The van der Waals surface area contributed by atoms with Crippen molar-refractivity contribution >= 4 is 35.3 Å². The number of nitrogens with zero attached hydrogens (tertiary/aromatic N) is 1. The molecule has 0 unspecified atom stereocenters. The van der Waals surface area contributed by atoms with E-state index in [1.54, 1.807) is 12.1 Å². The van der Waals surface area contributed by atoms with Gasteiger partial charge in [0.25, 0.3) is 14.0 Å². The van der Waals surface area contributed by atoms with Gasteiger partial charge in [0.2, 0.25) is 0 Å². The molecule has 194 valence electrons. The van der Waals surface area contributed by atoms with E-state index in [-0.39, 0.29) is 24.3 Å². The van der Waals surface area contributed by atoms with Gasteiger partial charge in [-0.3, -0.25) is 14.9 Å². The number of nitro groups is 1. The molecule has 6 nitrogen and oxygen atoms in total. The number of hydrogen-bond donors (Lipinski definition) is 1. The van der Waals surface area contributed by atoms with Crippen molar-refractivity contribution in [3.63, 3.8) is 0 Å². The van der Waals surface area contributed by atoms with Crippen molar-refractivity contribution in [1.29, 1.82) is 0 Å². The molecule has 4 aromatic carbocycles. The molecule has 0 amide bonds. The first kappa shape index (κ1) is 27.1. The van der Waals surface area contributed by atoms with Gasteiger partial charge < -0.3 is 9.53 Å². The van der Waals surface area contributed by atoms with Crippen LogP contribution in [0.2, 0.25) is 0 Å². The van der Waals surface area contributed by atoms with Crippen molar-refractivity contribution in [1.82, 2.24) is 0 Å². The summed E-state index contributed by atoms with van der Waals surface area (Å²) >= 11 is 0. The number of carbonyl (C=O) groups excluding carboxylic acids is 1. The second-order valence-corrected chi connectivity index (χ2v) is 12.6. The first-order valence-corrected chi connectivity index (χ1v) is 14.6. The molecule has 4 rings (SSSR count). The molecule has 0 aliphatic rings. The Morgan fingerprint density at radius 1 is 0.789 bits per heavy atom. The molecule has 0 fully saturated rings. The Labute approximate surface area is 223 Å². The van der Waals surface area contributed by atoms with Gasteiger partial charge in [-0.1, -0.05) is 97.9 Å². The Morgan fingerprint density at radius 3 is 1.63 bits per heavy atom. The maximum absolute atomic E-state index is 13.1. The number of hydrogen-bond acceptors (Lipinski definition) is 5. The third kappa shape index (κ3) is 6.14.